The number of halogens is 2. The fourth-order valence-electron chi connectivity index (χ4n) is 1.66. The zero-order chi connectivity index (χ0) is 13.8. The van der Waals surface area contributed by atoms with E-state index in [1.54, 1.807) is 36.4 Å². The molecule has 0 atom stereocenters. The molecule has 1 amide bonds. The number of rotatable bonds is 3. The number of hydrogen-bond donors (Lipinski definition) is 2. The SMILES string of the molecule is Nc1ccc(Cl)cc1NC(=O)Cc1cccc(Cl)c1. The molecule has 98 valence electrons. The summed E-state index contributed by atoms with van der Waals surface area (Å²) in [5, 5.41) is 3.85. The van der Waals surface area contributed by atoms with Crippen molar-refractivity contribution in [3.05, 3.63) is 58.1 Å². The van der Waals surface area contributed by atoms with E-state index >= 15 is 0 Å². The second-order valence-electron chi connectivity index (χ2n) is 4.09. The molecule has 19 heavy (non-hydrogen) atoms. The second kappa shape index (κ2) is 5.95. The van der Waals surface area contributed by atoms with Crippen LogP contribution >= 0.6 is 23.2 Å². The van der Waals surface area contributed by atoms with Gasteiger partial charge in [-0.2, -0.15) is 0 Å². The molecule has 0 aliphatic heterocycles. The fraction of sp³-hybridized carbons (Fsp3) is 0.0714. The Morgan fingerprint density at radius 1 is 1.11 bits per heavy atom. The molecule has 2 aromatic rings. The van der Waals surface area contributed by atoms with Crippen molar-refractivity contribution in [1.29, 1.82) is 0 Å². The number of carbonyl (C=O) groups is 1. The van der Waals surface area contributed by atoms with Gasteiger partial charge in [-0.3, -0.25) is 4.79 Å². The van der Waals surface area contributed by atoms with Gasteiger partial charge in [0.2, 0.25) is 5.91 Å². The molecule has 0 fully saturated rings. The first kappa shape index (κ1) is 13.7. The largest absolute Gasteiger partial charge is 0.397 e. The first-order valence-corrected chi connectivity index (χ1v) is 6.39. The van der Waals surface area contributed by atoms with Crippen molar-refractivity contribution in [2.75, 3.05) is 11.1 Å². The van der Waals surface area contributed by atoms with E-state index in [-0.39, 0.29) is 12.3 Å². The first-order chi connectivity index (χ1) is 9.04. The van der Waals surface area contributed by atoms with Gasteiger partial charge < -0.3 is 11.1 Å². The van der Waals surface area contributed by atoms with Crippen LogP contribution in [0.5, 0.6) is 0 Å². The molecule has 0 aliphatic carbocycles. The number of anilines is 2. The van der Waals surface area contributed by atoms with E-state index in [2.05, 4.69) is 5.32 Å². The summed E-state index contributed by atoms with van der Waals surface area (Å²) < 4.78 is 0. The van der Waals surface area contributed by atoms with Crippen LogP contribution in [-0.4, -0.2) is 5.91 Å². The lowest BCUT2D eigenvalue weighted by molar-refractivity contribution is -0.115. The molecule has 2 rings (SSSR count). The molecule has 0 saturated heterocycles. The predicted octanol–water partition coefficient (Wildman–Crippen LogP) is 3.76. The molecule has 0 spiro atoms. The van der Waals surface area contributed by atoms with E-state index in [0.717, 1.165) is 5.56 Å². The Morgan fingerprint density at radius 3 is 2.58 bits per heavy atom. The van der Waals surface area contributed by atoms with Gasteiger partial charge in [-0.15, -0.1) is 0 Å². The topological polar surface area (TPSA) is 55.1 Å². The number of nitrogens with one attached hydrogen (secondary N) is 1. The van der Waals surface area contributed by atoms with Crippen LogP contribution in [-0.2, 0) is 11.2 Å². The smallest absolute Gasteiger partial charge is 0.228 e. The van der Waals surface area contributed by atoms with Crippen LogP contribution in [0.15, 0.2) is 42.5 Å². The van der Waals surface area contributed by atoms with E-state index in [1.807, 2.05) is 6.07 Å². The lowest BCUT2D eigenvalue weighted by Gasteiger charge is -2.08. The molecule has 0 radical (unpaired) electrons. The maximum absolute atomic E-state index is 11.9. The van der Waals surface area contributed by atoms with Gasteiger partial charge in [0.25, 0.3) is 0 Å². The van der Waals surface area contributed by atoms with Crippen LogP contribution < -0.4 is 11.1 Å². The summed E-state index contributed by atoms with van der Waals surface area (Å²) in [6, 6.07) is 12.1. The Balaban J connectivity index is 2.07. The van der Waals surface area contributed by atoms with Gasteiger partial charge in [0.15, 0.2) is 0 Å². The van der Waals surface area contributed by atoms with Crippen LogP contribution in [0.3, 0.4) is 0 Å². The van der Waals surface area contributed by atoms with Gasteiger partial charge in [-0.25, -0.2) is 0 Å². The Hall–Kier alpha value is -1.71. The molecule has 3 N–H and O–H groups in total. The van der Waals surface area contributed by atoms with Gasteiger partial charge in [0.05, 0.1) is 17.8 Å². The molecule has 2 aromatic carbocycles. The number of nitrogen functional groups attached to an aromatic ring is 1. The Kier molecular flexibility index (Phi) is 4.30. The normalized spacial score (nSPS) is 10.2. The number of nitrogens with two attached hydrogens (primary N) is 1. The molecule has 3 nitrogen and oxygen atoms in total. The van der Waals surface area contributed by atoms with Crippen molar-refractivity contribution in [3.63, 3.8) is 0 Å². The zero-order valence-corrected chi connectivity index (χ0v) is 11.5. The van der Waals surface area contributed by atoms with Gasteiger partial charge in [0, 0.05) is 10.0 Å². The minimum atomic E-state index is -0.170. The fourth-order valence-corrected chi connectivity index (χ4v) is 2.05. The lowest BCUT2D eigenvalue weighted by atomic mass is 10.1. The predicted molar refractivity (Wildman–Crippen MR) is 79.7 cm³/mol. The number of amides is 1. The Morgan fingerprint density at radius 2 is 1.84 bits per heavy atom. The molecule has 0 aromatic heterocycles. The number of carbonyl (C=O) groups excluding carboxylic acids is 1. The maximum atomic E-state index is 11.9. The van der Waals surface area contributed by atoms with Crippen LogP contribution in [0, 0.1) is 0 Å². The van der Waals surface area contributed by atoms with E-state index in [1.165, 1.54) is 0 Å². The third-order valence-electron chi connectivity index (χ3n) is 2.54. The van der Waals surface area contributed by atoms with Crippen LogP contribution in [0.25, 0.3) is 0 Å². The quantitative estimate of drug-likeness (QED) is 0.847. The van der Waals surface area contributed by atoms with E-state index in [0.29, 0.717) is 21.4 Å². The zero-order valence-electron chi connectivity index (χ0n) is 9.99. The third-order valence-corrected chi connectivity index (χ3v) is 3.01. The molecule has 0 saturated carbocycles. The molecule has 5 heteroatoms. The summed E-state index contributed by atoms with van der Waals surface area (Å²) in [6.07, 6.45) is 0.229. The molecular weight excluding hydrogens is 283 g/mol. The summed E-state index contributed by atoms with van der Waals surface area (Å²) in [5.41, 5.74) is 7.59. The van der Waals surface area contributed by atoms with Crippen molar-refractivity contribution >= 4 is 40.5 Å². The van der Waals surface area contributed by atoms with E-state index in [9.17, 15) is 4.79 Å². The van der Waals surface area contributed by atoms with Gasteiger partial charge in [-0.05, 0) is 35.9 Å². The molecule has 0 aliphatic rings. The highest BCUT2D eigenvalue weighted by Gasteiger charge is 2.07. The highest BCUT2D eigenvalue weighted by Crippen LogP contribution is 2.23. The lowest BCUT2D eigenvalue weighted by Crippen LogP contribution is -2.15. The van der Waals surface area contributed by atoms with Crippen molar-refractivity contribution < 1.29 is 4.79 Å². The molecule has 0 bridgehead atoms. The van der Waals surface area contributed by atoms with Gasteiger partial charge in [-0.1, -0.05) is 35.3 Å². The van der Waals surface area contributed by atoms with E-state index in [4.69, 9.17) is 28.9 Å². The third kappa shape index (κ3) is 3.88. The Labute approximate surface area is 121 Å². The first-order valence-electron chi connectivity index (χ1n) is 5.64. The standard InChI is InChI=1S/C14H12Cl2N2O/c15-10-3-1-2-9(6-10)7-14(19)18-13-8-11(16)4-5-12(13)17/h1-6,8H,7,17H2,(H,18,19). The van der Waals surface area contributed by atoms with Crippen LogP contribution in [0.2, 0.25) is 10.0 Å². The summed E-state index contributed by atoms with van der Waals surface area (Å²) >= 11 is 11.7. The minimum Gasteiger partial charge on any atom is -0.397 e. The summed E-state index contributed by atoms with van der Waals surface area (Å²) in [4.78, 5) is 11.9. The average molecular weight is 295 g/mol. The average Bonchev–Trinajstić information content (AvgIpc) is 2.34. The van der Waals surface area contributed by atoms with Crippen molar-refractivity contribution in [2.45, 2.75) is 6.42 Å². The van der Waals surface area contributed by atoms with Crippen molar-refractivity contribution in [1.82, 2.24) is 0 Å². The summed E-state index contributed by atoms with van der Waals surface area (Å²) in [6.45, 7) is 0. The van der Waals surface area contributed by atoms with Crippen molar-refractivity contribution in [3.8, 4) is 0 Å². The van der Waals surface area contributed by atoms with Gasteiger partial charge in [0.1, 0.15) is 0 Å². The molecular formula is C14H12Cl2N2O. The minimum absolute atomic E-state index is 0.170. The molecule has 0 heterocycles. The van der Waals surface area contributed by atoms with Gasteiger partial charge >= 0.3 is 0 Å². The number of benzene rings is 2. The van der Waals surface area contributed by atoms with Crippen LogP contribution in [0.1, 0.15) is 5.56 Å². The van der Waals surface area contributed by atoms with Crippen molar-refractivity contribution in [2.24, 2.45) is 0 Å². The number of hydrogen-bond acceptors (Lipinski definition) is 2. The summed E-state index contributed by atoms with van der Waals surface area (Å²) in [7, 11) is 0. The monoisotopic (exact) mass is 294 g/mol. The van der Waals surface area contributed by atoms with E-state index < -0.39 is 0 Å². The van der Waals surface area contributed by atoms with Crippen LogP contribution in [0.4, 0.5) is 11.4 Å². The Bertz CT molecular complexity index is 614. The summed E-state index contributed by atoms with van der Waals surface area (Å²) in [5.74, 6) is -0.170. The molecule has 0 unspecified atom stereocenters. The highest BCUT2D eigenvalue weighted by atomic mass is 35.5. The highest BCUT2D eigenvalue weighted by molar-refractivity contribution is 6.31. The maximum Gasteiger partial charge on any atom is 0.228 e. The second-order valence-corrected chi connectivity index (χ2v) is 4.96.